The number of hydrogen-bond donors (Lipinski definition) is 1. The summed E-state index contributed by atoms with van der Waals surface area (Å²) in [4.78, 5) is 27.7. The second kappa shape index (κ2) is 7.86. The van der Waals surface area contributed by atoms with Crippen LogP contribution in [-0.2, 0) is 9.59 Å². The van der Waals surface area contributed by atoms with Crippen LogP contribution < -0.4 is 14.8 Å². The highest BCUT2D eigenvalue weighted by Gasteiger charge is 2.64. The number of rotatable bonds is 3. The third kappa shape index (κ3) is 2.85. The SMILES string of the molecule is COc1ccc(C2C3C(=O)C4CCCCC4C3NC3C4CCCCC4C(=O)C32)cc1OC. The zero-order chi connectivity index (χ0) is 22.0. The molecule has 4 aliphatic carbocycles. The number of carbonyl (C=O) groups excluding carboxylic acids is 2. The summed E-state index contributed by atoms with van der Waals surface area (Å²) in [7, 11) is 3.30. The van der Waals surface area contributed by atoms with E-state index in [0.29, 0.717) is 34.9 Å². The van der Waals surface area contributed by atoms with Gasteiger partial charge in [-0.1, -0.05) is 31.7 Å². The van der Waals surface area contributed by atoms with Crippen molar-refractivity contribution in [2.45, 2.75) is 69.4 Å². The Morgan fingerprint density at radius 2 is 1.25 bits per heavy atom. The molecule has 1 aromatic rings. The number of carbonyl (C=O) groups is 2. The van der Waals surface area contributed by atoms with Gasteiger partial charge in [-0.05, 0) is 55.2 Å². The van der Waals surface area contributed by atoms with Gasteiger partial charge in [0, 0.05) is 41.7 Å². The Hall–Kier alpha value is -1.88. The maximum atomic E-state index is 13.8. The molecule has 172 valence electrons. The summed E-state index contributed by atoms with van der Waals surface area (Å²) in [6, 6.07) is 6.48. The van der Waals surface area contributed by atoms with E-state index in [2.05, 4.69) is 11.4 Å². The van der Waals surface area contributed by atoms with Gasteiger partial charge in [-0.25, -0.2) is 0 Å². The van der Waals surface area contributed by atoms with Gasteiger partial charge in [0.1, 0.15) is 11.6 Å². The Labute approximate surface area is 190 Å². The van der Waals surface area contributed by atoms with Gasteiger partial charge < -0.3 is 14.8 Å². The Morgan fingerprint density at radius 3 is 1.78 bits per heavy atom. The molecule has 1 saturated heterocycles. The van der Waals surface area contributed by atoms with Crippen LogP contribution in [0.25, 0.3) is 0 Å². The van der Waals surface area contributed by atoms with Gasteiger partial charge >= 0.3 is 0 Å². The summed E-state index contributed by atoms with van der Waals surface area (Å²) < 4.78 is 11.1. The van der Waals surface area contributed by atoms with Crippen LogP contribution in [0.15, 0.2) is 18.2 Å². The van der Waals surface area contributed by atoms with Crippen molar-refractivity contribution in [2.24, 2.45) is 35.5 Å². The lowest BCUT2D eigenvalue weighted by Gasteiger charge is -2.45. The second-order valence-corrected chi connectivity index (χ2v) is 10.8. The fourth-order valence-corrected chi connectivity index (χ4v) is 8.44. The minimum absolute atomic E-state index is 0.0535. The van der Waals surface area contributed by atoms with Crippen LogP contribution in [0.3, 0.4) is 0 Å². The molecule has 1 N–H and O–H groups in total. The van der Waals surface area contributed by atoms with Gasteiger partial charge in [-0.3, -0.25) is 9.59 Å². The largest absolute Gasteiger partial charge is 0.493 e. The number of nitrogens with one attached hydrogen (secondary N) is 1. The van der Waals surface area contributed by atoms with Crippen molar-refractivity contribution in [3.63, 3.8) is 0 Å². The summed E-state index contributed by atoms with van der Waals surface area (Å²) in [5.74, 6) is 3.14. The molecule has 1 aromatic carbocycles. The average Bonchev–Trinajstić information content (AvgIpc) is 3.29. The van der Waals surface area contributed by atoms with Gasteiger partial charge in [0.05, 0.1) is 14.2 Å². The Morgan fingerprint density at radius 1 is 0.719 bits per heavy atom. The van der Waals surface area contributed by atoms with Crippen molar-refractivity contribution in [1.82, 2.24) is 5.32 Å². The molecule has 4 saturated carbocycles. The molecule has 0 bridgehead atoms. The van der Waals surface area contributed by atoms with E-state index >= 15 is 0 Å². The minimum Gasteiger partial charge on any atom is -0.493 e. The van der Waals surface area contributed by atoms with Crippen molar-refractivity contribution < 1.29 is 19.1 Å². The van der Waals surface area contributed by atoms with Gasteiger partial charge in [-0.15, -0.1) is 0 Å². The normalized spacial score (nSPS) is 42.6. The lowest BCUT2D eigenvalue weighted by molar-refractivity contribution is -0.129. The van der Waals surface area contributed by atoms with E-state index in [1.165, 1.54) is 12.8 Å². The lowest BCUT2D eigenvalue weighted by atomic mass is 9.67. The van der Waals surface area contributed by atoms with E-state index in [-0.39, 0.29) is 41.7 Å². The van der Waals surface area contributed by atoms with Crippen LogP contribution in [0.5, 0.6) is 11.5 Å². The quantitative estimate of drug-likeness (QED) is 0.770. The van der Waals surface area contributed by atoms with E-state index < -0.39 is 0 Å². The Balaban J connectivity index is 1.47. The molecule has 1 aliphatic heterocycles. The molecule has 32 heavy (non-hydrogen) atoms. The number of ether oxygens (including phenoxy) is 2. The van der Waals surface area contributed by atoms with Crippen LogP contribution in [0.1, 0.15) is 62.8 Å². The van der Waals surface area contributed by atoms with Crippen LogP contribution in [0.4, 0.5) is 0 Å². The molecule has 5 nitrogen and oxygen atoms in total. The van der Waals surface area contributed by atoms with Gasteiger partial charge in [0.2, 0.25) is 0 Å². The first kappa shape index (κ1) is 20.7. The van der Waals surface area contributed by atoms with E-state index in [4.69, 9.17) is 9.47 Å². The number of piperidine rings is 1. The molecular weight excluding hydrogens is 402 g/mol. The molecule has 8 atom stereocenters. The third-order valence-electron chi connectivity index (χ3n) is 9.67. The van der Waals surface area contributed by atoms with Crippen molar-refractivity contribution in [3.8, 4) is 11.5 Å². The van der Waals surface area contributed by atoms with Crippen LogP contribution >= 0.6 is 0 Å². The molecule has 0 radical (unpaired) electrons. The van der Waals surface area contributed by atoms with Crippen molar-refractivity contribution in [2.75, 3.05) is 14.2 Å². The molecule has 5 heteroatoms. The van der Waals surface area contributed by atoms with Gasteiger partial charge in [0.15, 0.2) is 11.5 Å². The first-order valence-electron chi connectivity index (χ1n) is 12.7. The minimum atomic E-state index is -0.105. The third-order valence-corrected chi connectivity index (χ3v) is 9.67. The molecule has 5 aliphatic rings. The Bertz CT molecular complexity index is 882. The zero-order valence-electron chi connectivity index (χ0n) is 19.2. The average molecular weight is 438 g/mol. The number of Topliss-reactive ketones (excluding diaryl/α,β-unsaturated/α-hetero) is 2. The standard InChI is InChI=1S/C27H35NO4/c1-31-19-12-11-14(13-20(19)32-2)21-22-24(15-7-3-5-9-17(15)26(22)29)28-25-16-8-4-6-10-18(16)27(30)23(21)25/h11-13,15-18,21-25,28H,3-10H2,1-2H3. The fourth-order valence-electron chi connectivity index (χ4n) is 8.44. The smallest absolute Gasteiger partial charge is 0.160 e. The van der Waals surface area contributed by atoms with Crippen molar-refractivity contribution in [3.05, 3.63) is 23.8 Å². The highest BCUT2D eigenvalue weighted by Crippen LogP contribution is 2.58. The summed E-state index contributed by atoms with van der Waals surface area (Å²) in [5.41, 5.74) is 1.08. The number of methoxy groups -OCH3 is 2. The predicted molar refractivity (Wildman–Crippen MR) is 121 cm³/mol. The van der Waals surface area contributed by atoms with Crippen LogP contribution in [0, 0.1) is 35.5 Å². The van der Waals surface area contributed by atoms with E-state index in [0.717, 1.165) is 44.1 Å². The van der Waals surface area contributed by atoms with Gasteiger partial charge in [-0.2, -0.15) is 0 Å². The maximum Gasteiger partial charge on any atom is 0.160 e. The molecule has 8 unspecified atom stereocenters. The highest BCUT2D eigenvalue weighted by molar-refractivity contribution is 5.93. The Kier molecular flexibility index (Phi) is 5.09. The van der Waals surface area contributed by atoms with Gasteiger partial charge in [0.25, 0.3) is 0 Å². The molecule has 0 aromatic heterocycles. The first-order valence-corrected chi connectivity index (χ1v) is 12.7. The second-order valence-electron chi connectivity index (χ2n) is 10.8. The summed E-state index contributed by atoms with van der Waals surface area (Å²) >= 11 is 0. The number of ketones is 2. The topological polar surface area (TPSA) is 64.6 Å². The van der Waals surface area contributed by atoms with Crippen LogP contribution in [-0.4, -0.2) is 37.9 Å². The molecular formula is C27H35NO4. The monoisotopic (exact) mass is 437 g/mol. The highest BCUT2D eigenvalue weighted by atomic mass is 16.5. The lowest BCUT2D eigenvalue weighted by Crippen LogP contribution is -2.58. The maximum absolute atomic E-state index is 13.8. The molecule has 0 amide bonds. The van der Waals surface area contributed by atoms with E-state index in [9.17, 15) is 9.59 Å². The fraction of sp³-hybridized carbons (Fsp3) is 0.704. The summed E-state index contributed by atoms with van der Waals surface area (Å²) in [6.07, 6.45) is 9.08. The summed E-state index contributed by atoms with van der Waals surface area (Å²) in [5, 5.41) is 3.99. The van der Waals surface area contributed by atoms with E-state index in [1.807, 2.05) is 12.1 Å². The number of fused-ring (bicyclic) bond motifs is 6. The number of benzene rings is 1. The van der Waals surface area contributed by atoms with Crippen molar-refractivity contribution in [1.29, 1.82) is 0 Å². The van der Waals surface area contributed by atoms with Crippen LogP contribution in [0.2, 0.25) is 0 Å². The molecule has 1 heterocycles. The van der Waals surface area contributed by atoms with E-state index in [1.54, 1.807) is 14.2 Å². The molecule has 5 fully saturated rings. The predicted octanol–water partition coefficient (Wildman–Crippen LogP) is 4.14. The first-order chi connectivity index (χ1) is 15.6. The zero-order valence-corrected chi connectivity index (χ0v) is 19.2. The van der Waals surface area contributed by atoms with Crippen molar-refractivity contribution >= 4 is 11.6 Å². The molecule has 0 spiro atoms. The molecule has 6 rings (SSSR count). The summed E-state index contributed by atoms with van der Waals surface area (Å²) in [6.45, 7) is 0. The number of hydrogen-bond acceptors (Lipinski definition) is 5.